The minimum Gasteiger partial charge on any atom is -0.338 e. The Labute approximate surface area is 161 Å². The molecule has 2 aromatic carbocycles. The van der Waals surface area contributed by atoms with Crippen LogP contribution in [0, 0.1) is 0 Å². The molecule has 0 saturated carbocycles. The van der Waals surface area contributed by atoms with Crippen LogP contribution < -0.4 is 0 Å². The summed E-state index contributed by atoms with van der Waals surface area (Å²) in [6, 6.07) is 14.3. The summed E-state index contributed by atoms with van der Waals surface area (Å²) in [6.45, 7) is 2.59. The van der Waals surface area contributed by atoms with Crippen molar-refractivity contribution in [2.75, 3.05) is 12.3 Å². The molecule has 4 nitrogen and oxygen atoms in total. The molecule has 7 heteroatoms. The minimum atomic E-state index is -3.54. The van der Waals surface area contributed by atoms with E-state index in [2.05, 4.69) is 15.9 Å². The first kappa shape index (κ1) is 19.9. The topological polar surface area (TPSA) is 54.5 Å². The van der Waals surface area contributed by atoms with Gasteiger partial charge < -0.3 is 4.90 Å². The standard InChI is InChI=1S/C18H19BrClNO3S/c1-2-21(11-14-5-4-8-17(20)10-14)18(22)13-25(23,24)12-15-6-3-7-16(19)9-15/h3-10H,2,11-13H2,1H3. The van der Waals surface area contributed by atoms with E-state index in [9.17, 15) is 13.2 Å². The summed E-state index contributed by atoms with van der Waals surface area (Å²) in [5.41, 5.74) is 1.52. The van der Waals surface area contributed by atoms with Crippen molar-refractivity contribution in [3.8, 4) is 0 Å². The van der Waals surface area contributed by atoms with Gasteiger partial charge in [-0.15, -0.1) is 0 Å². The van der Waals surface area contributed by atoms with Gasteiger partial charge in [0.15, 0.2) is 9.84 Å². The van der Waals surface area contributed by atoms with Gasteiger partial charge in [0, 0.05) is 22.6 Å². The van der Waals surface area contributed by atoms with Crippen molar-refractivity contribution in [1.82, 2.24) is 4.90 Å². The molecule has 2 rings (SSSR count). The fraction of sp³-hybridized carbons (Fsp3) is 0.278. The molecule has 0 heterocycles. The molecule has 0 aliphatic heterocycles. The highest BCUT2D eigenvalue weighted by Crippen LogP contribution is 2.16. The summed E-state index contributed by atoms with van der Waals surface area (Å²) in [4.78, 5) is 14.0. The van der Waals surface area contributed by atoms with Gasteiger partial charge in [0.05, 0.1) is 5.75 Å². The number of benzene rings is 2. The Morgan fingerprint density at radius 1 is 1.12 bits per heavy atom. The number of rotatable bonds is 7. The van der Waals surface area contributed by atoms with Crippen LogP contribution in [0.1, 0.15) is 18.1 Å². The van der Waals surface area contributed by atoms with Crippen molar-refractivity contribution in [3.63, 3.8) is 0 Å². The fourth-order valence-electron chi connectivity index (χ4n) is 2.44. The zero-order valence-corrected chi connectivity index (χ0v) is 16.9. The van der Waals surface area contributed by atoms with E-state index >= 15 is 0 Å². The highest BCUT2D eigenvalue weighted by Gasteiger charge is 2.21. The second kappa shape index (κ2) is 8.83. The molecule has 0 aliphatic rings. The van der Waals surface area contributed by atoms with Gasteiger partial charge in [0.25, 0.3) is 0 Å². The lowest BCUT2D eigenvalue weighted by molar-refractivity contribution is -0.128. The van der Waals surface area contributed by atoms with Crippen molar-refractivity contribution >= 4 is 43.3 Å². The highest BCUT2D eigenvalue weighted by atomic mass is 79.9. The van der Waals surface area contributed by atoms with E-state index in [1.165, 1.54) is 4.90 Å². The predicted octanol–water partition coefficient (Wildman–Crippen LogP) is 4.07. The zero-order valence-electron chi connectivity index (χ0n) is 13.8. The van der Waals surface area contributed by atoms with Crippen LogP contribution in [0.4, 0.5) is 0 Å². The number of sulfone groups is 1. The Kier molecular flexibility index (Phi) is 7.04. The second-order valence-corrected chi connectivity index (χ2v) is 9.12. The first-order chi connectivity index (χ1) is 11.8. The van der Waals surface area contributed by atoms with Crippen LogP contribution in [0.3, 0.4) is 0 Å². The third-order valence-corrected chi connectivity index (χ3v) is 5.80. The fourth-order valence-corrected chi connectivity index (χ4v) is 4.45. The van der Waals surface area contributed by atoms with E-state index < -0.39 is 21.5 Å². The number of carbonyl (C=O) groups is 1. The maximum absolute atomic E-state index is 12.4. The van der Waals surface area contributed by atoms with Crippen LogP contribution in [0.25, 0.3) is 0 Å². The average molecular weight is 445 g/mol. The van der Waals surface area contributed by atoms with E-state index in [0.29, 0.717) is 23.7 Å². The third-order valence-electron chi connectivity index (χ3n) is 3.62. The number of carbonyl (C=O) groups excluding carboxylic acids is 1. The molecule has 0 aliphatic carbocycles. The van der Waals surface area contributed by atoms with Crippen molar-refractivity contribution in [2.24, 2.45) is 0 Å². The molecular weight excluding hydrogens is 426 g/mol. The van der Waals surface area contributed by atoms with Crippen LogP contribution in [0.2, 0.25) is 5.02 Å². The Morgan fingerprint density at radius 3 is 2.44 bits per heavy atom. The van der Waals surface area contributed by atoms with Crippen LogP contribution in [-0.4, -0.2) is 31.5 Å². The van der Waals surface area contributed by atoms with Crippen LogP contribution in [0.5, 0.6) is 0 Å². The van der Waals surface area contributed by atoms with E-state index in [0.717, 1.165) is 10.0 Å². The molecular formula is C18H19BrClNO3S. The minimum absolute atomic E-state index is 0.160. The number of hydrogen-bond donors (Lipinski definition) is 0. The van der Waals surface area contributed by atoms with Gasteiger partial charge in [-0.3, -0.25) is 4.79 Å². The maximum Gasteiger partial charge on any atom is 0.238 e. The van der Waals surface area contributed by atoms with E-state index in [4.69, 9.17) is 11.6 Å². The summed E-state index contributed by atoms with van der Waals surface area (Å²) in [5.74, 6) is -1.07. The van der Waals surface area contributed by atoms with Gasteiger partial charge in [-0.05, 0) is 42.3 Å². The number of nitrogens with zero attached hydrogens (tertiary/aromatic N) is 1. The number of hydrogen-bond acceptors (Lipinski definition) is 3. The maximum atomic E-state index is 12.4. The Bertz CT molecular complexity index is 855. The average Bonchev–Trinajstić information content (AvgIpc) is 2.51. The Morgan fingerprint density at radius 2 is 1.80 bits per heavy atom. The van der Waals surface area contributed by atoms with Crippen molar-refractivity contribution in [3.05, 3.63) is 69.2 Å². The molecule has 0 saturated heterocycles. The molecule has 0 fully saturated rings. The normalized spacial score (nSPS) is 11.3. The molecule has 0 spiro atoms. The summed E-state index contributed by atoms with van der Waals surface area (Å²) in [5, 5.41) is 0.586. The molecule has 0 atom stereocenters. The predicted molar refractivity (Wildman–Crippen MR) is 104 cm³/mol. The van der Waals surface area contributed by atoms with Crippen LogP contribution in [0.15, 0.2) is 53.0 Å². The second-order valence-electron chi connectivity index (χ2n) is 5.70. The first-order valence-electron chi connectivity index (χ1n) is 7.76. The SMILES string of the molecule is CCN(Cc1cccc(Cl)c1)C(=O)CS(=O)(=O)Cc1cccc(Br)c1. The van der Waals surface area contributed by atoms with E-state index in [-0.39, 0.29) is 5.75 Å². The van der Waals surface area contributed by atoms with Crippen LogP contribution in [-0.2, 0) is 26.9 Å². The first-order valence-corrected chi connectivity index (χ1v) is 10.8. The summed E-state index contributed by atoms with van der Waals surface area (Å²) >= 11 is 9.27. The third kappa shape index (κ3) is 6.45. The molecule has 0 bridgehead atoms. The lowest BCUT2D eigenvalue weighted by atomic mass is 10.2. The lowest BCUT2D eigenvalue weighted by Crippen LogP contribution is -2.35. The summed E-state index contributed by atoms with van der Waals surface area (Å²) < 4.78 is 25.5. The van der Waals surface area contributed by atoms with Crippen molar-refractivity contribution in [2.45, 2.75) is 19.2 Å². The van der Waals surface area contributed by atoms with Gasteiger partial charge in [-0.25, -0.2) is 8.42 Å². The monoisotopic (exact) mass is 443 g/mol. The molecule has 2 aromatic rings. The highest BCUT2D eigenvalue weighted by molar-refractivity contribution is 9.10. The van der Waals surface area contributed by atoms with Gasteiger partial charge >= 0.3 is 0 Å². The number of halogens is 2. The molecule has 134 valence electrons. The van der Waals surface area contributed by atoms with Gasteiger partial charge in [0.2, 0.25) is 5.91 Å². The molecule has 0 unspecified atom stereocenters. The molecule has 25 heavy (non-hydrogen) atoms. The summed E-state index contributed by atoms with van der Waals surface area (Å²) in [6.07, 6.45) is 0. The van der Waals surface area contributed by atoms with Crippen molar-refractivity contribution in [1.29, 1.82) is 0 Å². The smallest absolute Gasteiger partial charge is 0.238 e. The van der Waals surface area contributed by atoms with Crippen molar-refractivity contribution < 1.29 is 13.2 Å². The molecule has 0 aromatic heterocycles. The molecule has 0 radical (unpaired) electrons. The van der Waals surface area contributed by atoms with E-state index in [1.807, 2.05) is 19.1 Å². The largest absolute Gasteiger partial charge is 0.338 e. The van der Waals surface area contributed by atoms with Gasteiger partial charge in [-0.2, -0.15) is 0 Å². The lowest BCUT2D eigenvalue weighted by Gasteiger charge is -2.21. The van der Waals surface area contributed by atoms with E-state index in [1.54, 1.807) is 36.4 Å². The Hall–Kier alpha value is -1.37. The van der Waals surface area contributed by atoms with Gasteiger partial charge in [-0.1, -0.05) is 51.8 Å². The quantitative estimate of drug-likeness (QED) is 0.647. The number of amides is 1. The zero-order chi connectivity index (χ0) is 18.4. The molecule has 1 amide bonds. The Balaban J connectivity index is 2.04. The molecule has 0 N–H and O–H groups in total. The van der Waals surface area contributed by atoms with Gasteiger partial charge in [0.1, 0.15) is 5.75 Å². The summed E-state index contributed by atoms with van der Waals surface area (Å²) in [7, 11) is -3.54. The van der Waals surface area contributed by atoms with Crippen LogP contribution >= 0.6 is 27.5 Å².